The van der Waals surface area contributed by atoms with Gasteiger partial charge in [0, 0.05) is 45.2 Å². The normalized spacial score (nSPS) is 16.8. The van der Waals surface area contributed by atoms with Crippen molar-refractivity contribution < 1.29 is 18.4 Å². The number of likely N-dealkylation sites (N-methyl/N-ethyl adjacent to an activating group) is 1. The Hall–Kier alpha value is -3.62. The van der Waals surface area contributed by atoms with Gasteiger partial charge < -0.3 is 9.80 Å². The van der Waals surface area contributed by atoms with Gasteiger partial charge in [-0.05, 0) is 37.1 Å². The van der Waals surface area contributed by atoms with E-state index in [-0.39, 0.29) is 17.4 Å². The van der Waals surface area contributed by atoms with Gasteiger partial charge in [-0.3, -0.25) is 14.5 Å². The Morgan fingerprint density at radius 1 is 0.909 bits per heavy atom. The molecule has 5 rings (SSSR count). The number of piperidine rings is 1. The average molecular weight is 451 g/mol. The van der Waals surface area contributed by atoms with Gasteiger partial charge in [0.05, 0.1) is 16.6 Å². The topological polar surface area (TPSA) is 69.6 Å². The lowest BCUT2D eigenvalue weighted by molar-refractivity contribution is -0.123. The fraction of sp³-hybridized carbons (Fsp3) is 0.333. The van der Waals surface area contributed by atoms with E-state index in [0.29, 0.717) is 56.7 Å². The number of amides is 2. The predicted octanol–water partition coefficient (Wildman–Crippen LogP) is 3.24. The molecule has 170 valence electrons. The summed E-state index contributed by atoms with van der Waals surface area (Å²) in [6, 6.07) is 10.5. The number of likely N-dealkylation sites (tertiary alicyclic amines) is 1. The van der Waals surface area contributed by atoms with Gasteiger partial charge in [-0.25, -0.2) is 18.7 Å². The monoisotopic (exact) mass is 451 g/mol. The third-order valence-electron chi connectivity index (χ3n) is 6.37. The number of hydrogen-bond donors (Lipinski definition) is 0. The number of nitrogens with zero attached hydrogens (tertiary/aromatic N) is 5. The Kier molecular flexibility index (Phi) is 5.39. The van der Waals surface area contributed by atoms with Gasteiger partial charge in [-0.15, -0.1) is 0 Å². The molecule has 2 aliphatic rings. The molecule has 7 nitrogen and oxygen atoms in total. The summed E-state index contributed by atoms with van der Waals surface area (Å²) >= 11 is 0. The van der Waals surface area contributed by atoms with Crippen molar-refractivity contribution >= 4 is 34.5 Å². The Labute approximate surface area is 189 Å². The molecule has 1 aromatic heterocycles. The van der Waals surface area contributed by atoms with E-state index in [2.05, 4.69) is 0 Å². The summed E-state index contributed by atoms with van der Waals surface area (Å²) in [4.78, 5) is 40.8. The van der Waals surface area contributed by atoms with Gasteiger partial charge in [-0.1, -0.05) is 12.1 Å². The van der Waals surface area contributed by atoms with Crippen LogP contribution in [-0.2, 0) is 4.79 Å². The van der Waals surface area contributed by atoms with Crippen LogP contribution in [0.1, 0.15) is 23.2 Å². The lowest BCUT2D eigenvalue weighted by Crippen LogP contribution is -2.49. The maximum Gasteiger partial charge on any atom is 0.256 e. The fourth-order valence-electron chi connectivity index (χ4n) is 4.48. The lowest BCUT2D eigenvalue weighted by atomic mass is 9.94. The van der Waals surface area contributed by atoms with Crippen LogP contribution in [0.2, 0.25) is 0 Å². The molecule has 1 saturated heterocycles. The highest BCUT2D eigenvalue weighted by Gasteiger charge is 2.35. The second-order valence-electron chi connectivity index (χ2n) is 8.46. The van der Waals surface area contributed by atoms with E-state index in [4.69, 9.17) is 9.97 Å². The van der Waals surface area contributed by atoms with E-state index in [9.17, 15) is 18.4 Å². The number of hydrogen-bond acceptors (Lipinski definition) is 5. The summed E-state index contributed by atoms with van der Waals surface area (Å²) in [6.07, 6.45) is 0.937. The summed E-state index contributed by atoms with van der Waals surface area (Å²) in [5, 5.41) is 0. The molecule has 0 atom stereocenters. The Morgan fingerprint density at radius 2 is 1.58 bits per heavy atom. The SMILES string of the molecule is CN1CCN(C(=O)C2CCN(C(=O)c3ccc(F)cc3F)CC2)c2nc3ccccc3nc21. The van der Waals surface area contributed by atoms with E-state index in [1.807, 2.05) is 36.2 Å². The minimum atomic E-state index is -0.877. The molecule has 0 bridgehead atoms. The highest BCUT2D eigenvalue weighted by molar-refractivity contribution is 5.99. The van der Waals surface area contributed by atoms with Crippen molar-refractivity contribution in [2.24, 2.45) is 5.92 Å². The lowest BCUT2D eigenvalue weighted by Gasteiger charge is -2.38. The molecule has 0 unspecified atom stereocenters. The van der Waals surface area contributed by atoms with Crippen molar-refractivity contribution in [3.63, 3.8) is 0 Å². The van der Waals surface area contributed by atoms with E-state index >= 15 is 0 Å². The van der Waals surface area contributed by atoms with Crippen molar-refractivity contribution in [1.82, 2.24) is 14.9 Å². The molecule has 0 saturated carbocycles. The van der Waals surface area contributed by atoms with Crippen LogP contribution in [0.25, 0.3) is 11.0 Å². The van der Waals surface area contributed by atoms with Crippen LogP contribution in [0.5, 0.6) is 0 Å². The molecule has 1 fully saturated rings. The Morgan fingerprint density at radius 3 is 2.24 bits per heavy atom. The largest absolute Gasteiger partial charge is 0.355 e. The molecule has 2 amide bonds. The fourth-order valence-corrected chi connectivity index (χ4v) is 4.48. The van der Waals surface area contributed by atoms with Crippen molar-refractivity contribution in [2.45, 2.75) is 12.8 Å². The van der Waals surface area contributed by atoms with Crippen LogP contribution >= 0.6 is 0 Å². The van der Waals surface area contributed by atoms with Crippen LogP contribution in [0.15, 0.2) is 42.5 Å². The number of rotatable bonds is 2. The summed E-state index contributed by atoms with van der Waals surface area (Å²) in [5.41, 5.74) is 1.35. The summed E-state index contributed by atoms with van der Waals surface area (Å²) in [5.74, 6) is -1.16. The summed E-state index contributed by atoms with van der Waals surface area (Å²) in [7, 11) is 1.93. The van der Waals surface area contributed by atoms with Gasteiger partial charge >= 0.3 is 0 Å². The molecule has 0 N–H and O–H groups in total. The first-order valence-electron chi connectivity index (χ1n) is 11.0. The molecule has 2 aromatic carbocycles. The molecule has 3 heterocycles. The zero-order chi connectivity index (χ0) is 23.1. The number of carbonyl (C=O) groups excluding carboxylic acids is 2. The predicted molar refractivity (Wildman–Crippen MR) is 120 cm³/mol. The third kappa shape index (κ3) is 3.88. The Bertz CT molecular complexity index is 1240. The molecule has 0 spiro atoms. The molecule has 0 radical (unpaired) electrons. The van der Waals surface area contributed by atoms with Crippen molar-refractivity contribution in [3.8, 4) is 0 Å². The number of para-hydroxylation sites is 2. The highest BCUT2D eigenvalue weighted by Crippen LogP contribution is 2.33. The first kappa shape index (κ1) is 21.2. The zero-order valence-corrected chi connectivity index (χ0v) is 18.2. The van der Waals surface area contributed by atoms with Gasteiger partial charge in [0.15, 0.2) is 11.6 Å². The maximum atomic E-state index is 14.0. The molecule has 33 heavy (non-hydrogen) atoms. The number of anilines is 2. The minimum Gasteiger partial charge on any atom is -0.355 e. The Balaban J connectivity index is 1.32. The third-order valence-corrected chi connectivity index (χ3v) is 6.37. The number of fused-ring (bicyclic) bond motifs is 2. The van der Waals surface area contributed by atoms with E-state index < -0.39 is 17.5 Å². The molecule has 9 heteroatoms. The van der Waals surface area contributed by atoms with Crippen LogP contribution in [-0.4, -0.2) is 59.9 Å². The van der Waals surface area contributed by atoms with Crippen LogP contribution < -0.4 is 9.80 Å². The average Bonchev–Trinajstić information content (AvgIpc) is 2.83. The van der Waals surface area contributed by atoms with Crippen LogP contribution in [0.3, 0.4) is 0 Å². The molecule has 2 aliphatic heterocycles. The van der Waals surface area contributed by atoms with Crippen molar-refractivity contribution in [3.05, 3.63) is 59.7 Å². The highest BCUT2D eigenvalue weighted by atomic mass is 19.1. The summed E-state index contributed by atoms with van der Waals surface area (Å²) in [6.45, 7) is 1.81. The number of halogens is 2. The van der Waals surface area contributed by atoms with Gasteiger partial charge in [0.25, 0.3) is 5.91 Å². The summed E-state index contributed by atoms with van der Waals surface area (Å²) < 4.78 is 27.2. The van der Waals surface area contributed by atoms with Gasteiger partial charge in [0.1, 0.15) is 11.6 Å². The van der Waals surface area contributed by atoms with Gasteiger partial charge in [-0.2, -0.15) is 0 Å². The number of aromatic nitrogens is 2. The quantitative estimate of drug-likeness (QED) is 0.598. The molecule has 3 aromatic rings. The number of carbonyl (C=O) groups is 2. The molecule has 0 aliphatic carbocycles. The first-order chi connectivity index (χ1) is 15.9. The van der Waals surface area contributed by atoms with E-state index in [1.54, 1.807) is 4.90 Å². The molecular formula is C24H23F2N5O2. The maximum absolute atomic E-state index is 14.0. The second kappa shape index (κ2) is 8.38. The van der Waals surface area contributed by atoms with E-state index in [1.165, 1.54) is 4.90 Å². The number of benzene rings is 2. The standard InChI is InChI=1S/C24H23F2N5O2/c1-29-12-13-31(22-21(29)27-19-4-2-3-5-20(19)28-22)23(32)15-8-10-30(11-9-15)24(33)17-7-6-16(25)14-18(17)26/h2-7,14-15H,8-13H2,1H3. The zero-order valence-electron chi connectivity index (χ0n) is 18.2. The van der Waals surface area contributed by atoms with E-state index in [0.717, 1.165) is 23.2 Å². The molecular weight excluding hydrogens is 428 g/mol. The minimum absolute atomic E-state index is 0.0333. The second-order valence-corrected chi connectivity index (χ2v) is 8.46. The van der Waals surface area contributed by atoms with Crippen molar-refractivity contribution in [2.75, 3.05) is 43.0 Å². The van der Waals surface area contributed by atoms with Crippen LogP contribution in [0.4, 0.5) is 20.4 Å². The smallest absolute Gasteiger partial charge is 0.256 e. The van der Waals surface area contributed by atoms with Gasteiger partial charge in [0.2, 0.25) is 5.91 Å². The van der Waals surface area contributed by atoms with Crippen molar-refractivity contribution in [1.29, 1.82) is 0 Å². The van der Waals surface area contributed by atoms with Crippen LogP contribution in [0, 0.1) is 17.6 Å². The first-order valence-corrected chi connectivity index (χ1v) is 11.0.